The summed E-state index contributed by atoms with van der Waals surface area (Å²) in [6.07, 6.45) is 1.11. The van der Waals surface area contributed by atoms with Crippen molar-refractivity contribution < 1.29 is 8.42 Å². The molecule has 0 amide bonds. The first-order valence-electron chi connectivity index (χ1n) is 7.16. The fourth-order valence-electron chi connectivity index (χ4n) is 2.91. The van der Waals surface area contributed by atoms with E-state index in [0.717, 1.165) is 17.5 Å². The van der Waals surface area contributed by atoms with E-state index in [1.165, 1.54) is 0 Å². The van der Waals surface area contributed by atoms with Gasteiger partial charge in [-0.05, 0) is 29.4 Å². The Morgan fingerprint density at radius 1 is 1.10 bits per heavy atom. The summed E-state index contributed by atoms with van der Waals surface area (Å²) in [5.41, 5.74) is 7.39. The third kappa shape index (κ3) is 3.81. The highest BCUT2D eigenvalue weighted by molar-refractivity contribution is 7.88. The van der Waals surface area contributed by atoms with Crippen LogP contribution in [0.5, 0.6) is 0 Å². The first-order valence-corrected chi connectivity index (χ1v) is 8.77. The average molecular weight is 296 g/mol. The van der Waals surface area contributed by atoms with Gasteiger partial charge in [-0.15, -0.1) is 0 Å². The molecule has 0 spiro atoms. The summed E-state index contributed by atoms with van der Waals surface area (Å²) in [7, 11) is -3.22. The van der Waals surface area contributed by atoms with Crippen LogP contribution >= 0.6 is 0 Å². The van der Waals surface area contributed by atoms with Gasteiger partial charge in [-0.2, -0.15) is 0 Å². The monoisotopic (exact) mass is 296 g/mol. The van der Waals surface area contributed by atoms with Gasteiger partial charge < -0.3 is 5.73 Å². The number of piperidine rings is 1. The van der Waals surface area contributed by atoms with Gasteiger partial charge in [0.05, 0.1) is 5.75 Å². The van der Waals surface area contributed by atoms with Crippen LogP contribution in [0.2, 0.25) is 0 Å². The maximum absolute atomic E-state index is 12.5. The predicted molar refractivity (Wildman–Crippen MR) is 81.5 cm³/mol. The van der Waals surface area contributed by atoms with Gasteiger partial charge in [0, 0.05) is 19.6 Å². The molecule has 1 aliphatic heterocycles. The van der Waals surface area contributed by atoms with Crippen LogP contribution in [0.1, 0.15) is 31.4 Å². The van der Waals surface area contributed by atoms with Gasteiger partial charge in [-0.25, -0.2) is 12.7 Å². The van der Waals surface area contributed by atoms with E-state index >= 15 is 0 Å². The zero-order valence-electron chi connectivity index (χ0n) is 12.2. The van der Waals surface area contributed by atoms with Crippen molar-refractivity contribution >= 4 is 10.0 Å². The number of nitrogens with zero attached hydrogens (tertiary/aromatic N) is 1. The van der Waals surface area contributed by atoms with Gasteiger partial charge in [0.15, 0.2) is 0 Å². The molecule has 5 heteroatoms. The van der Waals surface area contributed by atoms with Crippen LogP contribution in [0.3, 0.4) is 0 Å². The standard InChI is InChI=1S/C15H24N2O2S/c1-12-7-13(2)10-17(9-12)20(18,19)11-15-5-3-14(8-16)4-6-15/h3-6,12-13H,7-11,16H2,1-2H3. The quantitative estimate of drug-likeness (QED) is 0.923. The Morgan fingerprint density at radius 3 is 2.10 bits per heavy atom. The lowest BCUT2D eigenvalue weighted by Crippen LogP contribution is -2.43. The minimum atomic E-state index is -3.22. The molecule has 2 N–H and O–H groups in total. The number of nitrogens with two attached hydrogens (primary N) is 1. The summed E-state index contributed by atoms with van der Waals surface area (Å²) in [6.45, 7) is 6.01. The number of benzene rings is 1. The van der Waals surface area contributed by atoms with Crippen LogP contribution in [-0.2, 0) is 22.3 Å². The molecule has 1 saturated heterocycles. The lowest BCUT2D eigenvalue weighted by atomic mass is 9.94. The Hall–Kier alpha value is -0.910. The van der Waals surface area contributed by atoms with Crippen molar-refractivity contribution in [1.29, 1.82) is 0 Å². The Labute approximate surface area is 122 Å². The van der Waals surface area contributed by atoms with Crippen molar-refractivity contribution in [2.24, 2.45) is 17.6 Å². The van der Waals surface area contributed by atoms with Gasteiger partial charge in [-0.1, -0.05) is 38.1 Å². The minimum absolute atomic E-state index is 0.0806. The van der Waals surface area contributed by atoms with Crippen LogP contribution < -0.4 is 5.73 Å². The molecule has 2 rings (SSSR count). The second-order valence-electron chi connectivity index (χ2n) is 6.04. The number of rotatable bonds is 4. The van der Waals surface area contributed by atoms with E-state index in [-0.39, 0.29) is 5.75 Å². The SMILES string of the molecule is CC1CC(C)CN(S(=O)(=O)Cc2ccc(CN)cc2)C1. The molecule has 4 nitrogen and oxygen atoms in total. The zero-order chi connectivity index (χ0) is 14.8. The second-order valence-corrected chi connectivity index (χ2v) is 8.01. The van der Waals surface area contributed by atoms with Crippen LogP contribution in [-0.4, -0.2) is 25.8 Å². The van der Waals surface area contributed by atoms with Gasteiger partial charge in [0.2, 0.25) is 10.0 Å². The molecule has 2 atom stereocenters. The minimum Gasteiger partial charge on any atom is -0.326 e. The van der Waals surface area contributed by atoms with Crippen molar-refractivity contribution in [3.63, 3.8) is 0 Å². The van der Waals surface area contributed by atoms with Gasteiger partial charge >= 0.3 is 0 Å². The summed E-state index contributed by atoms with van der Waals surface area (Å²) >= 11 is 0. The van der Waals surface area contributed by atoms with E-state index in [1.54, 1.807) is 4.31 Å². The topological polar surface area (TPSA) is 63.4 Å². The molecule has 112 valence electrons. The lowest BCUT2D eigenvalue weighted by molar-refractivity contribution is 0.222. The number of hydrogen-bond acceptors (Lipinski definition) is 3. The predicted octanol–water partition coefficient (Wildman–Crippen LogP) is 1.95. The molecule has 1 aromatic carbocycles. The maximum atomic E-state index is 12.5. The molecule has 0 aliphatic carbocycles. The van der Waals surface area contributed by atoms with E-state index in [9.17, 15) is 8.42 Å². The van der Waals surface area contributed by atoms with Crippen molar-refractivity contribution in [2.75, 3.05) is 13.1 Å². The van der Waals surface area contributed by atoms with Crippen LogP contribution in [0.25, 0.3) is 0 Å². The largest absolute Gasteiger partial charge is 0.326 e. The highest BCUT2D eigenvalue weighted by atomic mass is 32.2. The maximum Gasteiger partial charge on any atom is 0.218 e. The zero-order valence-corrected chi connectivity index (χ0v) is 13.1. The van der Waals surface area contributed by atoms with Crippen LogP contribution in [0.15, 0.2) is 24.3 Å². The summed E-state index contributed by atoms with van der Waals surface area (Å²) in [6, 6.07) is 7.51. The summed E-state index contributed by atoms with van der Waals surface area (Å²) in [5.74, 6) is 0.957. The molecular weight excluding hydrogens is 272 g/mol. The molecule has 1 fully saturated rings. The van der Waals surface area contributed by atoms with Crippen molar-refractivity contribution in [3.8, 4) is 0 Å². The fraction of sp³-hybridized carbons (Fsp3) is 0.600. The third-order valence-corrected chi connectivity index (χ3v) is 5.62. The molecule has 1 heterocycles. The summed E-state index contributed by atoms with van der Waals surface area (Å²) in [4.78, 5) is 0. The van der Waals surface area contributed by atoms with E-state index < -0.39 is 10.0 Å². The van der Waals surface area contributed by atoms with Gasteiger partial charge in [0.1, 0.15) is 0 Å². The van der Waals surface area contributed by atoms with Crippen molar-refractivity contribution in [2.45, 2.75) is 32.6 Å². The Bertz CT molecular complexity index is 529. The molecule has 2 unspecified atom stereocenters. The highest BCUT2D eigenvalue weighted by Gasteiger charge is 2.30. The van der Waals surface area contributed by atoms with Crippen LogP contribution in [0, 0.1) is 11.8 Å². The third-order valence-electron chi connectivity index (χ3n) is 3.84. The van der Waals surface area contributed by atoms with E-state index in [1.807, 2.05) is 24.3 Å². The van der Waals surface area contributed by atoms with E-state index in [4.69, 9.17) is 5.73 Å². The Morgan fingerprint density at radius 2 is 1.60 bits per heavy atom. The molecule has 0 saturated carbocycles. The van der Waals surface area contributed by atoms with Gasteiger partial charge in [0.25, 0.3) is 0 Å². The average Bonchev–Trinajstić information content (AvgIpc) is 2.38. The summed E-state index contributed by atoms with van der Waals surface area (Å²) < 4.78 is 26.7. The molecule has 0 aromatic heterocycles. The number of sulfonamides is 1. The Balaban J connectivity index is 2.09. The normalized spacial score (nSPS) is 24.8. The first-order chi connectivity index (χ1) is 9.40. The van der Waals surface area contributed by atoms with Crippen molar-refractivity contribution in [3.05, 3.63) is 35.4 Å². The van der Waals surface area contributed by atoms with Gasteiger partial charge in [-0.3, -0.25) is 0 Å². The van der Waals surface area contributed by atoms with E-state index in [2.05, 4.69) is 13.8 Å². The molecule has 1 aromatic rings. The second kappa shape index (κ2) is 6.24. The smallest absolute Gasteiger partial charge is 0.218 e. The first kappa shape index (κ1) is 15.5. The lowest BCUT2D eigenvalue weighted by Gasteiger charge is -2.34. The fourth-order valence-corrected chi connectivity index (χ4v) is 4.67. The molecule has 20 heavy (non-hydrogen) atoms. The Kier molecular flexibility index (Phi) is 4.83. The van der Waals surface area contributed by atoms with Crippen molar-refractivity contribution in [1.82, 2.24) is 4.31 Å². The molecular formula is C15H24N2O2S. The highest BCUT2D eigenvalue weighted by Crippen LogP contribution is 2.24. The molecule has 1 aliphatic rings. The summed E-state index contributed by atoms with van der Waals surface area (Å²) in [5, 5.41) is 0. The molecule has 0 radical (unpaired) electrons. The number of hydrogen-bond donors (Lipinski definition) is 1. The molecule has 0 bridgehead atoms. The van der Waals surface area contributed by atoms with E-state index in [0.29, 0.717) is 31.5 Å². The van der Waals surface area contributed by atoms with Crippen LogP contribution in [0.4, 0.5) is 0 Å².